The van der Waals surface area contributed by atoms with Gasteiger partial charge >= 0.3 is 24.0 Å². The number of H-pyrrole nitrogens is 2. The largest absolute Gasteiger partial charge is 0.477 e. The summed E-state index contributed by atoms with van der Waals surface area (Å²) in [4.78, 5) is 134. The van der Waals surface area contributed by atoms with Crippen LogP contribution in [0.2, 0.25) is 54.4 Å². The van der Waals surface area contributed by atoms with Gasteiger partial charge in [-0.3, -0.25) is 63.5 Å². The highest BCUT2D eigenvalue weighted by Crippen LogP contribution is 2.43. The summed E-state index contributed by atoms with van der Waals surface area (Å²) in [5.74, 6) is -6.71. The molecule has 0 atom stereocenters. The number of pyridine rings is 7. The highest BCUT2D eigenvalue weighted by atomic mass is 35.6. The Labute approximate surface area is 858 Å². The second kappa shape index (κ2) is 51.2. The molecule has 0 spiro atoms. The minimum Gasteiger partial charge on any atom is -0.477 e. The number of allylic oxidation sites excluding steroid dienone is 4. The third-order valence-corrected chi connectivity index (χ3v) is 41.0. The smallest absolute Gasteiger partial charge is 0.407 e. The van der Waals surface area contributed by atoms with Gasteiger partial charge in [-0.1, -0.05) is 193 Å². The lowest BCUT2D eigenvalue weighted by atomic mass is 10.1. The zero-order valence-electron chi connectivity index (χ0n) is 85.5. The van der Waals surface area contributed by atoms with Gasteiger partial charge in [0.25, 0.3) is 17.0 Å². The number of fused-ring (bicyclic) bond motifs is 5. The average Bonchev–Trinajstić information content (AvgIpc) is 1.57. The highest BCUT2D eigenvalue weighted by molar-refractivity contribution is 7.20. The molecule has 5 N–H and O–H groups in total. The molecule has 3 aliphatic rings. The fraction of sp³-hybridized carbons (Fsp3) is 0.294. The number of halogens is 6. The van der Waals surface area contributed by atoms with E-state index in [0.717, 1.165) is 138 Å². The van der Waals surface area contributed by atoms with E-state index in [1.54, 1.807) is 45.4 Å². The van der Waals surface area contributed by atoms with Crippen molar-refractivity contribution in [2.24, 2.45) is 0 Å². The summed E-state index contributed by atoms with van der Waals surface area (Å²) in [6.07, 6.45) is 26.9. The quantitative estimate of drug-likeness (QED) is 0.00954. The van der Waals surface area contributed by atoms with Crippen LogP contribution < -0.4 is 21.8 Å². The molecule has 146 heavy (non-hydrogen) atoms. The summed E-state index contributed by atoms with van der Waals surface area (Å²) in [5.41, 5.74) is 15.2. The van der Waals surface area contributed by atoms with Crippen molar-refractivity contribution < 1.29 is 70.5 Å². The standard InChI is InChI=1S/C25H19F2N5O2.C25H31N5O2Si.C15H22N2OSi.C13H9F2NO3.C10H9NO.C8H7N.C6H15ClSi.C4H6O3.C3H5ClO/c26-20-7-5-15(11-21(20)27)14-32-10-2-4-19(25(32)34)24(33)29-13-16-12-23(31-30-16)18-6-8-22-17(18)3-1-9-28-22;1-25(2,3)33(4,5)30-16-21(20-12-9-13-26-23(20)30)22-14-19(28-29-22)15-27-24(31)32-17-18-10-7-6-8-11-18;1-11(18)13-10-17(19(5,6)15(2,3)4)14-12(13)8-7-9-16-14;14-10-4-3-8(6-11(10)15)7-16-5-1-2-9(12(16)17)13(18)19;1-7(12)8-4-5-10-9(8)3-2-6-11-10;1-3-7-4-2-6-9-8(7)5-1;1-6(2,3)8(4,5)7;1-3(5)7-4(2)6;1-2-3(4)5/h1-7,9-12H,8,13-14H2,(H,29,33)(H,30,31);6-14,16H,15,17H2,1-5H3,(H,27,31)(H,28,29);7-10H,1-6H3;1-6H,7H2,(H,18,19);2-4,6H,5H2,1H3;1-4,6H,5H2;1-5H3;1-2H3;2H2,1H3. The number of hydrogen-bond donors (Lipinski definition) is 5. The van der Waals surface area contributed by atoms with Gasteiger partial charge in [0, 0.05) is 139 Å². The first-order chi connectivity index (χ1) is 68.7. The van der Waals surface area contributed by atoms with Crippen LogP contribution in [0.15, 0.2) is 247 Å². The first kappa shape index (κ1) is 115. The van der Waals surface area contributed by atoms with Gasteiger partial charge in [-0.15, -0.1) is 0 Å². The maximum atomic E-state index is 13.5. The lowest BCUT2D eigenvalue weighted by molar-refractivity contribution is -0.156. The van der Waals surface area contributed by atoms with Crippen LogP contribution in [0.3, 0.4) is 0 Å². The molecule has 0 saturated heterocycles. The lowest BCUT2D eigenvalue weighted by Crippen LogP contribution is -2.45. The summed E-state index contributed by atoms with van der Waals surface area (Å²) in [5, 5.41) is 31.6. The number of ether oxygens (including phenoxy) is 2. The molecule has 0 fully saturated rings. The number of aromatic amines is 2. The van der Waals surface area contributed by atoms with Crippen LogP contribution in [0, 0.1) is 23.3 Å². The van der Waals surface area contributed by atoms with E-state index in [4.69, 9.17) is 37.5 Å². The second-order valence-corrected chi connectivity index (χ2v) is 56.7. The fourth-order valence-corrected chi connectivity index (χ4v) is 17.8. The molecule has 0 radical (unpaired) electrons. The first-order valence-corrected chi connectivity index (χ1v) is 57.2. The molecule has 11 heterocycles. The maximum absolute atomic E-state index is 13.5. The summed E-state index contributed by atoms with van der Waals surface area (Å²) in [6.45, 7) is 42.0. The lowest BCUT2D eigenvalue weighted by Gasteiger charge is -2.38. The molecule has 14 aromatic rings. The third kappa shape index (κ3) is 31.4. The number of nitrogens with one attached hydrogen (secondary N) is 4. The molecule has 28 nitrogen and oxygen atoms in total. The van der Waals surface area contributed by atoms with Crippen molar-refractivity contribution in [1.82, 2.24) is 73.5 Å². The van der Waals surface area contributed by atoms with E-state index in [2.05, 4.69) is 202 Å². The zero-order chi connectivity index (χ0) is 108. The third-order valence-electron chi connectivity index (χ3n) is 25.1. The Morgan fingerprint density at radius 3 is 1.45 bits per heavy atom. The Morgan fingerprint density at radius 2 is 0.952 bits per heavy atom. The van der Waals surface area contributed by atoms with Crippen LogP contribution in [0.5, 0.6) is 0 Å². The van der Waals surface area contributed by atoms with Crippen molar-refractivity contribution in [3.05, 3.63) is 366 Å². The number of Topliss-reactive ketones (excluding diaryl/α,β-unsaturated/α-hetero) is 2. The van der Waals surface area contributed by atoms with E-state index in [1.807, 2.05) is 116 Å². The van der Waals surface area contributed by atoms with Crippen LogP contribution in [0.1, 0.15) is 202 Å². The number of carbonyl (C=O) groups excluding carboxylic acids is 7. The van der Waals surface area contributed by atoms with Gasteiger partial charge in [0.15, 0.2) is 58.7 Å². The molecule has 3 aliphatic carbocycles. The Hall–Kier alpha value is -14.7. The number of rotatable bonds is 19. The van der Waals surface area contributed by atoms with Gasteiger partial charge < -0.3 is 42.8 Å². The van der Waals surface area contributed by atoms with Crippen LogP contribution in [0.4, 0.5) is 22.4 Å². The Morgan fingerprint density at radius 1 is 0.486 bits per heavy atom. The Bertz CT molecular complexity index is 7240. The van der Waals surface area contributed by atoms with Crippen molar-refractivity contribution in [3.63, 3.8) is 0 Å². The minimum atomic E-state index is -1.88. The van der Waals surface area contributed by atoms with Crippen molar-refractivity contribution in [1.29, 1.82) is 0 Å². The number of carbonyl (C=O) groups is 8. The van der Waals surface area contributed by atoms with Gasteiger partial charge in [0.1, 0.15) is 29.0 Å². The van der Waals surface area contributed by atoms with Crippen LogP contribution >= 0.6 is 22.7 Å². The van der Waals surface area contributed by atoms with Crippen molar-refractivity contribution in [2.45, 2.75) is 210 Å². The number of amides is 2. The molecule has 11 aromatic heterocycles. The van der Waals surface area contributed by atoms with Gasteiger partial charge in [-0.25, -0.2) is 37.1 Å². The van der Waals surface area contributed by atoms with Gasteiger partial charge in [0.2, 0.25) is 5.24 Å². The molecule has 0 aliphatic heterocycles. The Balaban J connectivity index is 0.000000195. The maximum Gasteiger partial charge on any atom is 0.407 e. The van der Waals surface area contributed by atoms with Gasteiger partial charge in [-0.05, 0) is 166 Å². The average molecular weight is 2080 g/mol. The van der Waals surface area contributed by atoms with E-state index in [0.29, 0.717) is 34.8 Å². The van der Waals surface area contributed by atoms with Crippen molar-refractivity contribution in [2.75, 3.05) is 0 Å². The first-order valence-electron chi connectivity index (χ1n) is 46.9. The van der Waals surface area contributed by atoms with Crippen molar-refractivity contribution >= 4 is 133 Å². The number of benzene rings is 3. The molecule has 766 valence electrons. The number of hydrogen-bond acceptors (Lipinski definition) is 19. The molecular formula is C109H123Cl2F4N15O13Si3. The fourth-order valence-electron chi connectivity index (χ4n) is 14.1. The van der Waals surface area contributed by atoms with E-state index < -0.39 is 88.2 Å². The number of aromatic carboxylic acids is 1. The minimum absolute atomic E-state index is 0.00645. The predicted octanol–water partition coefficient (Wildman–Crippen LogP) is 22.6. The number of carboxylic acids is 1. The van der Waals surface area contributed by atoms with Crippen molar-refractivity contribution in [3.8, 4) is 11.3 Å². The molecule has 37 heteroatoms. The van der Waals surface area contributed by atoms with E-state index in [-0.39, 0.29) is 64.3 Å². The molecular weight excluding hydrogens is 1960 g/mol. The second-order valence-electron chi connectivity index (χ2n) is 38.8. The van der Waals surface area contributed by atoms with E-state index >= 15 is 0 Å². The topological polar surface area (TPSA) is 375 Å². The number of aromatic nitrogens is 13. The van der Waals surface area contributed by atoms with E-state index in [9.17, 15) is 65.5 Å². The molecule has 3 aromatic carbocycles. The van der Waals surface area contributed by atoms with Gasteiger partial charge in [0.05, 0.1) is 66.0 Å². The normalized spacial score (nSPS) is 12.1. The summed E-state index contributed by atoms with van der Waals surface area (Å²) in [6, 6.07) is 45.3. The summed E-state index contributed by atoms with van der Waals surface area (Å²) >= 11 is 11.0. The number of ketones is 2. The highest BCUT2D eigenvalue weighted by Gasteiger charge is 2.41. The molecule has 0 unspecified atom stereocenters. The molecule has 2 amide bonds. The number of esters is 2. The van der Waals surface area contributed by atoms with Crippen LogP contribution in [-0.2, 0) is 80.7 Å². The van der Waals surface area contributed by atoms with Gasteiger partial charge in [-0.2, -0.15) is 21.3 Å². The number of alkyl carbamates (subject to hydrolysis) is 1. The molecule has 0 saturated carbocycles. The zero-order valence-corrected chi connectivity index (χ0v) is 90.0. The predicted molar refractivity (Wildman–Crippen MR) is 570 cm³/mol. The monoisotopic (exact) mass is 2080 g/mol. The summed E-state index contributed by atoms with van der Waals surface area (Å²) < 4.78 is 68.7. The van der Waals surface area contributed by atoms with Crippen LogP contribution in [0.25, 0.3) is 50.5 Å². The molecule has 0 bridgehead atoms. The van der Waals surface area contributed by atoms with E-state index in [1.165, 1.54) is 72.4 Å². The van der Waals surface area contributed by atoms with Crippen LogP contribution in [-0.4, -0.2) is 139 Å². The number of nitrogens with zero attached hydrogens (tertiary/aromatic N) is 11. The number of carboxylic acid groups (broad SMARTS) is 1. The Kier molecular flexibility index (Phi) is 40.3. The SMILES string of the molecule is C1=Cc2cccnc2C1.CC(=O)C1=CCc2ncccc21.CC(=O)OC(C)=O.CC(=O)c1cn([Si](C)(C)C(C)(C)C)c2ncccc12.CC(C)(C)[Si](C)(C)Cl.CC(C)(C)[Si](C)(C)n1cc(-c2cc(CNC(=O)OCc3ccccc3)[nH]n2)c2cccnc21.CCC(=O)Cl.O=C(NCc1cc(C2=CCc3ncccc32)n[nH]1)c1cccn(Cc2ccc(F)c(F)c2)c1=O.O=C(O)c1cccn(Cc2ccc(F)c(F)c2)c1=O. The molecule has 17 rings (SSSR count). The summed E-state index contributed by atoms with van der Waals surface area (Å²) in [7, 11) is -5.03.